The van der Waals surface area contributed by atoms with Crippen molar-refractivity contribution in [2.24, 2.45) is 5.41 Å². The van der Waals surface area contributed by atoms with Crippen LogP contribution in [0.2, 0.25) is 0 Å². The number of ketones is 1. The zero-order valence-electron chi connectivity index (χ0n) is 17.7. The molecule has 1 amide bonds. The summed E-state index contributed by atoms with van der Waals surface area (Å²) < 4.78 is 39.9. The van der Waals surface area contributed by atoms with Crippen molar-refractivity contribution in [3.8, 4) is 0 Å². The van der Waals surface area contributed by atoms with Crippen molar-refractivity contribution in [2.45, 2.75) is 38.9 Å². The zero-order chi connectivity index (χ0) is 23.6. The molecule has 0 saturated heterocycles. The van der Waals surface area contributed by atoms with E-state index in [9.17, 15) is 22.8 Å². The second-order valence-corrected chi connectivity index (χ2v) is 9.02. The van der Waals surface area contributed by atoms with Crippen LogP contribution < -0.4 is 10.6 Å². The van der Waals surface area contributed by atoms with Crippen molar-refractivity contribution in [1.29, 1.82) is 0 Å². The van der Waals surface area contributed by atoms with E-state index in [1.165, 1.54) is 29.8 Å². The summed E-state index contributed by atoms with van der Waals surface area (Å²) in [4.78, 5) is 33.7. The van der Waals surface area contributed by atoms with Gasteiger partial charge in [0.25, 0.3) is 0 Å². The highest BCUT2D eigenvalue weighted by atomic mass is 32.1. The molecule has 1 fully saturated rings. The maximum absolute atomic E-state index is 13.3. The maximum Gasteiger partial charge on any atom is 0.418 e. The number of hydrogen-bond donors (Lipinski definition) is 2. The summed E-state index contributed by atoms with van der Waals surface area (Å²) in [5.41, 5.74) is 1.56. The highest BCUT2D eigenvalue weighted by molar-refractivity contribution is 7.11. The van der Waals surface area contributed by atoms with Gasteiger partial charge in [-0.25, -0.2) is 0 Å². The van der Waals surface area contributed by atoms with E-state index in [0.29, 0.717) is 34.7 Å². The van der Waals surface area contributed by atoms with Crippen molar-refractivity contribution < 1.29 is 22.8 Å². The Morgan fingerprint density at radius 3 is 2.55 bits per heavy atom. The molecule has 0 unspecified atom stereocenters. The molecule has 0 radical (unpaired) electrons. The predicted octanol–water partition coefficient (Wildman–Crippen LogP) is 5.28. The van der Waals surface area contributed by atoms with E-state index in [1.807, 2.05) is 0 Å². The van der Waals surface area contributed by atoms with Crippen LogP contribution in [0.15, 0.2) is 48.2 Å². The van der Waals surface area contributed by atoms with Crippen LogP contribution >= 0.6 is 11.3 Å². The van der Waals surface area contributed by atoms with Crippen molar-refractivity contribution in [3.05, 3.63) is 69.9 Å². The number of amides is 1. The number of Topliss-reactive ketones (excluding diaryl/α,β-unsaturated/α-hetero) is 1. The lowest BCUT2D eigenvalue weighted by molar-refractivity contribution is -0.137. The molecule has 4 rings (SSSR count). The maximum atomic E-state index is 13.3. The van der Waals surface area contributed by atoms with Crippen molar-refractivity contribution in [1.82, 2.24) is 15.3 Å². The Kier molecular flexibility index (Phi) is 6.20. The van der Waals surface area contributed by atoms with Crippen LogP contribution in [-0.2, 0) is 17.5 Å². The number of rotatable bonds is 8. The Labute approximate surface area is 192 Å². The number of carbonyl (C=O) groups excluding carboxylic acids is 2. The van der Waals surface area contributed by atoms with E-state index >= 15 is 0 Å². The molecular weight excluding hydrogens is 453 g/mol. The second-order valence-electron chi connectivity index (χ2n) is 8.14. The Bertz CT molecular complexity index is 1160. The van der Waals surface area contributed by atoms with E-state index in [4.69, 9.17) is 0 Å². The second kappa shape index (κ2) is 8.93. The Morgan fingerprint density at radius 2 is 1.94 bits per heavy atom. The van der Waals surface area contributed by atoms with E-state index in [2.05, 4.69) is 20.6 Å². The number of nitrogens with zero attached hydrogens (tertiary/aromatic N) is 2. The molecule has 0 bridgehead atoms. The number of aromatic nitrogens is 2. The Hall–Kier alpha value is -3.27. The summed E-state index contributed by atoms with van der Waals surface area (Å²) in [6.45, 7) is 1.76. The SMILES string of the molecule is Cc1ccc(Nc2ccc(CNC(=O)C3(CC(=O)c4cncs4)CC3)nc2)c(C(F)(F)F)c1. The van der Waals surface area contributed by atoms with Gasteiger partial charge in [0.2, 0.25) is 5.91 Å². The number of thiazole rings is 1. The third kappa shape index (κ3) is 5.39. The van der Waals surface area contributed by atoms with Crippen LogP contribution in [0.4, 0.5) is 24.5 Å². The minimum atomic E-state index is -4.48. The van der Waals surface area contributed by atoms with E-state index < -0.39 is 17.2 Å². The number of benzene rings is 1. The topological polar surface area (TPSA) is 84.0 Å². The lowest BCUT2D eigenvalue weighted by Gasteiger charge is -2.16. The molecule has 172 valence electrons. The van der Waals surface area contributed by atoms with Gasteiger partial charge < -0.3 is 10.6 Å². The van der Waals surface area contributed by atoms with Crippen molar-refractivity contribution in [3.63, 3.8) is 0 Å². The first-order valence-corrected chi connectivity index (χ1v) is 11.1. The first kappa shape index (κ1) is 22.9. The number of hydrogen-bond acceptors (Lipinski definition) is 6. The van der Waals surface area contributed by atoms with Gasteiger partial charge in [-0.2, -0.15) is 13.2 Å². The third-order valence-corrected chi connectivity index (χ3v) is 6.37. The standard InChI is InChI=1S/C23H21F3N4O2S/c1-14-2-5-18(17(8-14)23(24,25)26)30-16-4-3-15(28-11-16)10-29-21(32)22(6-7-22)9-19(31)20-12-27-13-33-20/h2-5,8,11-13,30H,6-7,9-10H2,1H3,(H,29,32). The van der Waals surface area contributed by atoms with Gasteiger partial charge in [-0.15, -0.1) is 11.3 Å². The fraction of sp³-hybridized carbons (Fsp3) is 0.304. The van der Waals surface area contributed by atoms with Gasteiger partial charge in [-0.1, -0.05) is 11.6 Å². The molecule has 0 aliphatic heterocycles. The van der Waals surface area contributed by atoms with Crippen LogP contribution in [0.1, 0.15) is 45.8 Å². The highest BCUT2D eigenvalue weighted by Crippen LogP contribution is 2.49. The molecular formula is C23H21F3N4O2S. The largest absolute Gasteiger partial charge is 0.418 e. The first-order chi connectivity index (χ1) is 15.7. The average Bonchev–Trinajstić information content (AvgIpc) is 3.33. The number of nitrogens with one attached hydrogen (secondary N) is 2. The van der Waals surface area contributed by atoms with Crippen LogP contribution in [0, 0.1) is 12.3 Å². The number of aryl methyl sites for hydroxylation is 1. The van der Waals surface area contributed by atoms with Crippen LogP contribution in [0.3, 0.4) is 0 Å². The first-order valence-electron chi connectivity index (χ1n) is 10.3. The van der Waals surface area contributed by atoms with E-state index in [0.717, 1.165) is 6.07 Å². The normalized spacial score (nSPS) is 14.5. The molecule has 1 saturated carbocycles. The van der Waals surface area contributed by atoms with Gasteiger partial charge >= 0.3 is 6.18 Å². The molecule has 1 aliphatic carbocycles. The van der Waals surface area contributed by atoms with Crippen molar-refractivity contribution in [2.75, 3.05) is 5.32 Å². The highest BCUT2D eigenvalue weighted by Gasteiger charge is 2.51. The van der Waals surface area contributed by atoms with E-state index in [-0.39, 0.29) is 30.3 Å². The molecule has 2 aromatic heterocycles. The lowest BCUT2D eigenvalue weighted by Crippen LogP contribution is -2.33. The van der Waals surface area contributed by atoms with Crippen LogP contribution in [0.5, 0.6) is 0 Å². The molecule has 0 spiro atoms. The van der Waals surface area contributed by atoms with Crippen LogP contribution in [-0.4, -0.2) is 21.7 Å². The summed E-state index contributed by atoms with van der Waals surface area (Å²) in [6.07, 6.45) is -0.104. The minimum Gasteiger partial charge on any atom is -0.354 e. The van der Waals surface area contributed by atoms with E-state index in [1.54, 1.807) is 30.6 Å². The van der Waals surface area contributed by atoms with Crippen LogP contribution in [0.25, 0.3) is 0 Å². The number of carbonyl (C=O) groups is 2. The number of anilines is 2. The molecule has 33 heavy (non-hydrogen) atoms. The smallest absolute Gasteiger partial charge is 0.354 e. The fourth-order valence-electron chi connectivity index (χ4n) is 3.50. The Morgan fingerprint density at radius 1 is 1.15 bits per heavy atom. The molecule has 2 heterocycles. The third-order valence-electron chi connectivity index (χ3n) is 5.56. The molecule has 1 aliphatic rings. The average molecular weight is 475 g/mol. The van der Waals surface area contributed by atoms with Gasteiger partial charge in [-0.3, -0.25) is 19.6 Å². The molecule has 1 aromatic carbocycles. The van der Waals surface area contributed by atoms with Gasteiger partial charge in [0.05, 0.1) is 51.2 Å². The van der Waals surface area contributed by atoms with Gasteiger partial charge in [-0.05, 0) is 44.0 Å². The summed E-state index contributed by atoms with van der Waals surface area (Å²) in [5.74, 6) is -0.285. The van der Waals surface area contributed by atoms with Gasteiger partial charge in [0.15, 0.2) is 5.78 Å². The molecule has 3 aromatic rings. The van der Waals surface area contributed by atoms with Gasteiger partial charge in [0.1, 0.15) is 0 Å². The predicted molar refractivity (Wildman–Crippen MR) is 118 cm³/mol. The number of halogens is 3. The lowest BCUT2D eigenvalue weighted by atomic mass is 9.98. The molecule has 2 N–H and O–H groups in total. The Balaban J connectivity index is 1.35. The fourth-order valence-corrected chi connectivity index (χ4v) is 4.06. The molecule has 0 atom stereocenters. The quantitative estimate of drug-likeness (QED) is 0.434. The van der Waals surface area contributed by atoms with Crippen molar-refractivity contribution >= 4 is 34.4 Å². The summed E-state index contributed by atoms with van der Waals surface area (Å²) in [5, 5.41) is 5.58. The minimum absolute atomic E-state index is 0.0581. The summed E-state index contributed by atoms with van der Waals surface area (Å²) >= 11 is 1.26. The number of alkyl halides is 3. The summed E-state index contributed by atoms with van der Waals surface area (Å²) in [6, 6.07) is 7.31. The summed E-state index contributed by atoms with van der Waals surface area (Å²) in [7, 11) is 0. The van der Waals surface area contributed by atoms with Gasteiger partial charge in [0, 0.05) is 12.6 Å². The zero-order valence-corrected chi connectivity index (χ0v) is 18.5. The molecule has 6 nitrogen and oxygen atoms in total. The molecule has 10 heteroatoms. The number of pyridine rings is 1. The monoisotopic (exact) mass is 474 g/mol.